The van der Waals surface area contributed by atoms with Gasteiger partial charge in [-0.25, -0.2) is 0 Å². The highest BCUT2D eigenvalue weighted by Crippen LogP contribution is 2.32. The number of amides is 1. The standard InChI is InChI=1S/C22H26N4O4/c1-28-20-13-16-12-19(24-18(16)14-21(20)29-2)22(27)26-8-6-25(7-9-26)10-11-30-17-4-3-5-23-15-17/h3-5,12-15,24H,6-11H2,1-2H3. The van der Waals surface area contributed by atoms with Gasteiger partial charge in [-0.1, -0.05) is 0 Å². The molecule has 30 heavy (non-hydrogen) atoms. The summed E-state index contributed by atoms with van der Waals surface area (Å²) in [6, 6.07) is 9.35. The highest BCUT2D eigenvalue weighted by atomic mass is 16.5. The van der Waals surface area contributed by atoms with Crippen LogP contribution >= 0.6 is 0 Å². The van der Waals surface area contributed by atoms with Gasteiger partial charge in [-0.3, -0.25) is 14.7 Å². The molecule has 0 bridgehead atoms. The van der Waals surface area contributed by atoms with Crippen LogP contribution in [0, 0.1) is 0 Å². The van der Waals surface area contributed by atoms with Crippen LogP contribution in [0.5, 0.6) is 17.2 Å². The van der Waals surface area contributed by atoms with Gasteiger partial charge in [0.25, 0.3) is 5.91 Å². The largest absolute Gasteiger partial charge is 0.493 e. The van der Waals surface area contributed by atoms with E-state index in [4.69, 9.17) is 14.2 Å². The lowest BCUT2D eigenvalue weighted by Gasteiger charge is -2.34. The van der Waals surface area contributed by atoms with Crippen molar-refractivity contribution in [1.82, 2.24) is 19.8 Å². The Morgan fingerprint density at radius 1 is 1.10 bits per heavy atom. The summed E-state index contributed by atoms with van der Waals surface area (Å²) < 4.78 is 16.4. The number of methoxy groups -OCH3 is 2. The summed E-state index contributed by atoms with van der Waals surface area (Å²) in [6.45, 7) is 4.45. The topological polar surface area (TPSA) is 79.9 Å². The summed E-state index contributed by atoms with van der Waals surface area (Å²) in [5.41, 5.74) is 1.43. The first kappa shape index (κ1) is 20.0. The fourth-order valence-electron chi connectivity index (χ4n) is 3.64. The Kier molecular flexibility index (Phi) is 6.04. The van der Waals surface area contributed by atoms with Crippen LogP contribution in [0.1, 0.15) is 10.5 Å². The lowest BCUT2D eigenvalue weighted by molar-refractivity contribution is 0.0615. The van der Waals surface area contributed by atoms with Crippen LogP contribution in [-0.4, -0.2) is 79.2 Å². The predicted molar refractivity (Wildman–Crippen MR) is 113 cm³/mol. The number of aromatic amines is 1. The van der Waals surface area contributed by atoms with Gasteiger partial charge >= 0.3 is 0 Å². The van der Waals surface area contributed by atoms with E-state index >= 15 is 0 Å². The number of carbonyl (C=O) groups excluding carboxylic acids is 1. The molecular formula is C22H26N4O4. The molecule has 0 saturated carbocycles. The molecule has 0 spiro atoms. The molecule has 158 valence electrons. The second-order valence-corrected chi connectivity index (χ2v) is 7.15. The van der Waals surface area contributed by atoms with Crippen LogP contribution < -0.4 is 14.2 Å². The van der Waals surface area contributed by atoms with Crippen molar-refractivity contribution in [2.24, 2.45) is 0 Å². The summed E-state index contributed by atoms with van der Waals surface area (Å²) in [5.74, 6) is 2.06. The van der Waals surface area contributed by atoms with Gasteiger partial charge in [-0.2, -0.15) is 0 Å². The molecule has 1 aromatic carbocycles. The Balaban J connectivity index is 1.32. The Hall–Kier alpha value is -3.26. The minimum atomic E-state index is 0.00962. The maximum atomic E-state index is 13.0. The summed E-state index contributed by atoms with van der Waals surface area (Å²) in [5, 5.41) is 0.919. The molecule has 8 heteroatoms. The lowest BCUT2D eigenvalue weighted by atomic mass is 10.2. The number of H-pyrrole nitrogens is 1. The number of benzene rings is 1. The zero-order valence-electron chi connectivity index (χ0n) is 17.3. The maximum absolute atomic E-state index is 13.0. The summed E-state index contributed by atoms with van der Waals surface area (Å²) in [6.07, 6.45) is 3.44. The van der Waals surface area contributed by atoms with Crippen molar-refractivity contribution in [3.63, 3.8) is 0 Å². The van der Waals surface area contributed by atoms with E-state index in [-0.39, 0.29) is 5.91 Å². The molecule has 1 saturated heterocycles. The Morgan fingerprint density at radius 2 is 1.87 bits per heavy atom. The van der Waals surface area contributed by atoms with E-state index in [1.54, 1.807) is 26.6 Å². The van der Waals surface area contributed by atoms with Crippen molar-refractivity contribution >= 4 is 16.8 Å². The van der Waals surface area contributed by atoms with Crippen LogP contribution in [-0.2, 0) is 0 Å². The van der Waals surface area contributed by atoms with Crippen LogP contribution in [0.2, 0.25) is 0 Å². The van der Waals surface area contributed by atoms with E-state index in [0.717, 1.165) is 36.3 Å². The Bertz CT molecular complexity index is 956. The fourth-order valence-corrected chi connectivity index (χ4v) is 3.64. The van der Waals surface area contributed by atoms with E-state index in [1.165, 1.54) is 0 Å². The number of carbonyl (C=O) groups is 1. The second-order valence-electron chi connectivity index (χ2n) is 7.15. The summed E-state index contributed by atoms with van der Waals surface area (Å²) in [4.78, 5) is 24.4. The third-order valence-electron chi connectivity index (χ3n) is 5.33. The monoisotopic (exact) mass is 410 g/mol. The predicted octanol–water partition coefficient (Wildman–Crippen LogP) is 2.42. The second kappa shape index (κ2) is 9.04. The lowest BCUT2D eigenvalue weighted by Crippen LogP contribution is -2.49. The number of ether oxygens (including phenoxy) is 3. The zero-order valence-corrected chi connectivity index (χ0v) is 17.3. The first-order valence-electron chi connectivity index (χ1n) is 9.97. The normalized spacial score (nSPS) is 14.7. The number of aromatic nitrogens is 2. The maximum Gasteiger partial charge on any atom is 0.270 e. The molecule has 1 aliphatic heterocycles. The van der Waals surface area contributed by atoms with Gasteiger partial charge in [0, 0.05) is 55.9 Å². The summed E-state index contributed by atoms with van der Waals surface area (Å²) >= 11 is 0. The van der Waals surface area contributed by atoms with Gasteiger partial charge < -0.3 is 24.1 Å². The molecular weight excluding hydrogens is 384 g/mol. The molecule has 0 aliphatic carbocycles. The van der Waals surface area contributed by atoms with Gasteiger partial charge in [-0.05, 0) is 24.3 Å². The average Bonchev–Trinajstić information content (AvgIpc) is 3.21. The van der Waals surface area contributed by atoms with Crippen molar-refractivity contribution in [2.45, 2.75) is 0 Å². The number of fused-ring (bicyclic) bond motifs is 1. The van der Waals surface area contributed by atoms with Crippen LogP contribution in [0.15, 0.2) is 42.7 Å². The van der Waals surface area contributed by atoms with Gasteiger partial charge in [0.2, 0.25) is 0 Å². The minimum Gasteiger partial charge on any atom is -0.493 e. The molecule has 3 heterocycles. The Labute approximate surface area is 175 Å². The summed E-state index contributed by atoms with van der Waals surface area (Å²) in [7, 11) is 3.20. The molecule has 1 N–H and O–H groups in total. The van der Waals surface area contributed by atoms with Crippen molar-refractivity contribution in [3.8, 4) is 17.2 Å². The van der Waals surface area contributed by atoms with Gasteiger partial charge in [0.15, 0.2) is 11.5 Å². The smallest absolute Gasteiger partial charge is 0.270 e. The number of rotatable bonds is 7. The van der Waals surface area contributed by atoms with Gasteiger partial charge in [0.1, 0.15) is 18.1 Å². The van der Waals surface area contributed by atoms with E-state index < -0.39 is 0 Å². The third-order valence-corrected chi connectivity index (χ3v) is 5.33. The number of pyridine rings is 1. The molecule has 0 unspecified atom stereocenters. The van der Waals surface area contributed by atoms with Gasteiger partial charge in [-0.15, -0.1) is 0 Å². The molecule has 4 rings (SSSR count). The van der Waals surface area contributed by atoms with Crippen LogP contribution in [0.25, 0.3) is 10.9 Å². The molecule has 1 fully saturated rings. The van der Waals surface area contributed by atoms with E-state index in [2.05, 4.69) is 14.9 Å². The molecule has 3 aromatic rings. The number of hydrogen-bond donors (Lipinski definition) is 1. The number of piperazine rings is 1. The van der Waals surface area contributed by atoms with E-state index in [1.807, 2.05) is 35.2 Å². The average molecular weight is 410 g/mol. The van der Waals surface area contributed by atoms with Crippen molar-refractivity contribution < 1.29 is 19.0 Å². The molecule has 8 nitrogen and oxygen atoms in total. The number of nitrogens with one attached hydrogen (secondary N) is 1. The number of nitrogens with zero attached hydrogens (tertiary/aromatic N) is 3. The molecule has 2 aromatic heterocycles. The quantitative estimate of drug-likeness (QED) is 0.644. The number of hydrogen-bond acceptors (Lipinski definition) is 6. The zero-order chi connectivity index (χ0) is 20.9. The highest BCUT2D eigenvalue weighted by Gasteiger charge is 2.23. The van der Waals surface area contributed by atoms with Crippen molar-refractivity contribution in [3.05, 3.63) is 48.4 Å². The van der Waals surface area contributed by atoms with Gasteiger partial charge in [0.05, 0.1) is 20.4 Å². The minimum absolute atomic E-state index is 0.00962. The molecule has 0 atom stereocenters. The van der Waals surface area contributed by atoms with E-state index in [9.17, 15) is 4.79 Å². The first-order valence-corrected chi connectivity index (χ1v) is 9.97. The van der Waals surface area contributed by atoms with Crippen LogP contribution in [0.3, 0.4) is 0 Å². The molecule has 1 aliphatic rings. The van der Waals surface area contributed by atoms with Crippen LogP contribution in [0.4, 0.5) is 0 Å². The third kappa shape index (κ3) is 4.33. The van der Waals surface area contributed by atoms with Crippen molar-refractivity contribution in [2.75, 3.05) is 53.6 Å². The Morgan fingerprint density at radius 3 is 2.57 bits per heavy atom. The fraction of sp³-hybridized carbons (Fsp3) is 0.364. The molecule has 1 amide bonds. The first-order chi connectivity index (χ1) is 14.7. The molecule has 0 radical (unpaired) electrons. The highest BCUT2D eigenvalue weighted by molar-refractivity contribution is 5.98. The SMILES string of the molecule is COc1cc2cc(C(=O)N3CCN(CCOc4cccnc4)CC3)[nH]c2cc1OC. The van der Waals surface area contributed by atoms with Crippen molar-refractivity contribution in [1.29, 1.82) is 0 Å². The van der Waals surface area contributed by atoms with E-state index in [0.29, 0.717) is 36.9 Å².